The third-order valence-corrected chi connectivity index (χ3v) is 5.31. The second-order valence-corrected chi connectivity index (χ2v) is 6.99. The summed E-state index contributed by atoms with van der Waals surface area (Å²) in [5.41, 5.74) is 3.05. The van der Waals surface area contributed by atoms with Crippen LogP contribution in [0.25, 0.3) is 10.2 Å². The van der Waals surface area contributed by atoms with Gasteiger partial charge in [-0.3, -0.25) is 4.98 Å². The van der Waals surface area contributed by atoms with E-state index in [1.165, 1.54) is 0 Å². The molecule has 0 radical (unpaired) electrons. The second-order valence-electron chi connectivity index (χ2n) is 5.98. The van der Waals surface area contributed by atoms with E-state index < -0.39 is 0 Å². The molecule has 0 atom stereocenters. The number of aromatic nitrogens is 2. The van der Waals surface area contributed by atoms with Crippen molar-refractivity contribution >= 4 is 44.8 Å². The zero-order valence-electron chi connectivity index (χ0n) is 15.5. The number of pyridine rings is 1. The number of benzene rings is 2. The first-order chi connectivity index (χ1) is 13.3. The van der Waals surface area contributed by atoms with E-state index in [1.807, 2.05) is 42.5 Å². The van der Waals surface area contributed by atoms with Gasteiger partial charge in [-0.25, -0.2) is 4.98 Å². The molecule has 0 unspecified atom stereocenters. The predicted molar refractivity (Wildman–Crippen MR) is 116 cm³/mol. The van der Waals surface area contributed by atoms with Gasteiger partial charge in [0.05, 0.1) is 31.7 Å². The van der Waals surface area contributed by atoms with Crippen LogP contribution in [0, 0.1) is 0 Å². The van der Waals surface area contributed by atoms with Gasteiger partial charge in [-0.1, -0.05) is 29.5 Å². The Bertz CT molecular complexity index is 1040. The van der Waals surface area contributed by atoms with E-state index in [9.17, 15) is 0 Å². The number of fused-ring (bicyclic) bond motifs is 1. The van der Waals surface area contributed by atoms with Crippen molar-refractivity contribution in [3.05, 3.63) is 72.6 Å². The number of halogens is 1. The predicted octanol–water partition coefficient (Wildman–Crippen LogP) is 5.47. The minimum atomic E-state index is 0. The summed E-state index contributed by atoms with van der Waals surface area (Å²) in [7, 11) is 3.36. The maximum absolute atomic E-state index is 5.41. The molecule has 0 fully saturated rings. The van der Waals surface area contributed by atoms with E-state index in [0.29, 0.717) is 6.54 Å². The molecule has 144 valence electrons. The minimum Gasteiger partial charge on any atom is -0.497 e. The maximum atomic E-state index is 5.41. The summed E-state index contributed by atoms with van der Waals surface area (Å²) in [6.45, 7) is 0.664. The van der Waals surface area contributed by atoms with Crippen LogP contribution in [0.4, 0.5) is 10.8 Å². The van der Waals surface area contributed by atoms with Crippen LogP contribution < -0.4 is 14.4 Å². The van der Waals surface area contributed by atoms with Gasteiger partial charge in [-0.15, -0.1) is 12.4 Å². The molecule has 0 aliphatic carbocycles. The van der Waals surface area contributed by atoms with Gasteiger partial charge in [0.2, 0.25) is 0 Å². The molecule has 0 aliphatic heterocycles. The molecular weight excluding hydrogens is 394 g/mol. The number of anilines is 2. The van der Waals surface area contributed by atoms with Crippen molar-refractivity contribution in [3.8, 4) is 11.5 Å². The molecule has 4 rings (SSSR count). The molecule has 0 aliphatic rings. The number of hydrogen-bond donors (Lipinski definition) is 0. The summed E-state index contributed by atoms with van der Waals surface area (Å²) in [6.07, 6.45) is 3.59. The van der Waals surface area contributed by atoms with Crippen LogP contribution in [-0.2, 0) is 6.54 Å². The molecule has 5 nitrogen and oxygen atoms in total. The summed E-state index contributed by atoms with van der Waals surface area (Å²) in [4.78, 5) is 11.2. The zero-order valence-corrected chi connectivity index (χ0v) is 17.2. The minimum absolute atomic E-state index is 0. The smallest absolute Gasteiger partial charge is 0.191 e. The summed E-state index contributed by atoms with van der Waals surface area (Å²) < 4.78 is 11.9. The van der Waals surface area contributed by atoms with Crippen LogP contribution in [0.1, 0.15) is 5.56 Å². The van der Waals surface area contributed by atoms with Gasteiger partial charge in [0.25, 0.3) is 0 Å². The third kappa shape index (κ3) is 4.18. The molecule has 28 heavy (non-hydrogen) atoms. The fourth-order valence-corrected chi connectivity index (χ4v) is 3.84. The van der Waals surface area contributed by atoms with Crippen molar-refractivity contribution in [2.45, 2.75) is 6.54 Å². The Morgan fingerprint density at radius 1 is 0.964 bits per heavy atom. The van der Waals surface area contributed by atoms with Gasteiger partial charge < -0.3 is 14.4 Å². The lowest BCUT2D eigenvalue weighted by atomic mass is 10.2. The van der Waals surface area contributed by atoms with Crippen LogP contribution in [0.3, 0.4) is 0 Å². The second kappa shape index (κ2) is 8.91. The molecule has 2 aromatic carbocycles. The topological polar surface area (TPSA) is 47.5 Å². The van der Waals surface area contributed by atoms with Crippen molar-refractivity contribution in [2.75, 3.05) is 19.1 Å². The molecule has 2 heterocycles. The van der Waals surface area contributed by atoms with Crippen LogP contribution in [-0.4, -0.2) is 24.2 Å². The Morgan fingerprint density at radius 2 is 1.71 bits per heavy atom. The Kier molecular flexibility index (Phi) is 6.34. The number of nitrogens with zero attached hydrogens (tertiary/aromatic N) is 3. The molecule has 4 aromatic rings. The maximum Gasteiger partial charge on any atom is 0.191 e. The van der Waals surface area contributed by atoms with E-state index in [0.717, 1.165) is 38.1 Å². The quantitative estimate of drug-likeness (QED) is 0.419. The highest BCUT2D eigenvalue weighted by molar-refractivity contribution is 7.22. The number of methoxy groups -OCH3 is 2. The van der Waals surface area contributed by atoms with Crippen LogP contribution in [0.15, 0.2) is 67.0 Å². The van der Waals surface area contributed by atoms with Crippen LogP contribution in [0.2, 0.25) is 0 Å². The highest BCUT2D eigenvalue weighted by Crippen LogP contribution is 2.35. The largest absolute Gasteiger partial charge is 0.497 e. The fourth-order valence-electron chi connectivity index (χ4n) is 2.88. The normalized spacial score (nSPS) is 10.4. The first-order valence-corrected chi connectivity index (χ1v) is 9.33. The third-order valence-electron chi connectivity index (χ3n) is 4.25. The standard InChI is InChI=1S/C21H19N3O2S.ClH/c1-25-17-7-3-5-15(11-17)14-24(16-6-4-8-18(12-16)26-2)21-23-19-13-22-10-9-20(19)27-21;/h3-13H,14H2,1-2H3;1H. The summed E-state index contributed by atoms with van der Waals surface area (Å²) in [5, 5.41) is 0.911. The molecule has 0 amide bonds. The van der Waals surface area contributed by atoms with Gasteiger partial charge in [0.15, 0.2) is 5.13 Å². The summed E-state index contributed by atoms with van der Waals surface area (Å²) >= 11 is 1.65. The summed E-state index contributed by atoms with van der Waals surface area (Å²) in [6, 6.07) is 18.1. The Hall–Kier alpha value is -2.83. The number of ether oxygens (including phenoxy) is 2. The Labute approximate surface area is 174 Å². The molecule has 0 bridgehead atoms. The highest BCUT2D eigenvalue weighted by atomic mass is 35.5. The zero-order chi connectivity index (χ0) is 18.6. The number of rotatable bonds is 6. The van der Waals surface area contributed by atoms with E-state index in [4.69, 9.17) is 14.5 Å². The van der Waals surface area contributed by atoms with E-state index in [1.54, 1.807) is 38.0 Å². The molecule has 2 aromatic heterocycles. The van der Waals surface area contributed by atoms with Crippen molar-refractivity contribution in [2.24, 2.45) is 0 Å². The molecule has 0 saturated heterocycles. The van der Waals surface area contributed by atoms with E-state index >= 15 is 0 Å². The highest BCUT2D eigenvalue weighted by Gasteiger charge is 2.16. The Morgan fingerprint density at radius 3 is 2.46 bits per heavy atom. The van der Waals surface area contributed by atoms with Crippen LogP contribution in [0.5, 0.6) is 11.5 Å². The fraction of sp³-hybridized carbons (Fsp3) is 0.143. The molecule has 0 N–H and O–H groups in total. The Balaban J connectivity index is 0.00000225. The average molecular weight is 414 g/mol. The van der Waals surface area contributed by atoms with Crippen molar-refractivity contribution in [1.29, 1.82) is 0 Å². The lowest BCUT2D eigenvalue weighted by molar-refractivity contribution is 0.414. The molecule has 7 heteroatoms. The van der Waals surface area contributed by atoms with Gasteiger partial charge in [0.1, 0.15) is 17.0 Å². The number of thiazole rings is 1. The van der Waals surface area contributed by atoms with Crippen LogP contribution >= 0.6 is 23.7 Å². The van der Waals surface area contributed by atoms with Gasteiger partial charge >= 0.3 is 0 Å². The molecular formula is C21H20ClN3O2S. The van der Waals surface area contributed by atoms with Crippen molar-refractivity contribution in [3.63, 3.8) is 0 Å². The van der Waals surface area contributed by atoms with E-state index in [2.05, 4.69) is 22.0 Å². The van der Waals surface area contributed by atoms with Crippen molar-refractivity contribution < 1.29 is 9.47 Å². The van der Waals surface area contributed by atoms with Gasteiger partial charge in [0, 0.05) is 18.0 Å². The number of hydrogen-bond acceptors (Lipinski definition) is 6. The van der Waals surface area contributed by atoms with E-state index in [-0.39, 0.29) is 12.4 Å². The SMILES string of the molecule is COc1cccc(CN(c2cccc(OC)c2)c2nc3cnccc3s2)c1.Cl. The lowest BCUT2D eigenvalue weighted by Gasteiger charge is -2.23. The van der Waals surface area contributed by atoms with Gasteiger partial charge in [-0.2, -0.15) is 0 Å². The molecule has 0 saturated carbocycles. The molecule has 0 spiro atoms. The monoisotopic (exact) mass is 413 g/mol. The van der Waals surface area contributed by atoms with Crippen molar-refractivity contribution in [1.82, 2.24) is 9.97 Å². The summed E-state index contributed by atoms with van der Waals surface area (Å²) in [5.74, 6) is 1.65. The average Bonchev–Trinajstić information content (AvgIpc) is 3.16. The first kappa shape index (κ1) is 19.9. The first-order valence-electron chi connectivity index (χ1n) is 8.52. The van der Waals surface area contributed by atoms with Gasteiger partial charge in [-0.05, 0) is 35.9 Å². The lowest BCUT2D eigenvalue weighted by Crippen LogP contribution is -2.16.